The topological polar surface area (TPSA) is 9.23 Å². The first-order chi connectivity index (χ1) is 3.13. The quantitative estimate of drug-likeness (QED) is 0.531. The van der Waals surface area contributed by atoms with Crippen molar-refractivity contribution in [3.8, 4) is 0 Å². The molecule has 0 atom stereocenters. The Kier molecular flexibility index (Phi) is 101. The Bertz CT molecular complexity index is 49.4. The van der Waals surface area contributed by atoms with Crippen LogP contribution in [0.15, 0.2) is 0 Å². The van der Waals surface area contributed by atoms with E-state index in [9.17, 15) is 0 Å². The zero-order chi connectivity index (χ0) is 5.86. The van der Waals surface area contributed by atoms with Gasteiger partial charge in [0.15, 0.2) is 18.1 Å². The average Bonchev–Trinajstić information content (AvgIpc) is 1.27. The molecule has 0 rings (SSSR count). The van der Waals surface area contributed by atoms with Crippen LogP contribution in [0.4, 0.5) is 0 Å². The van der Waals surface area contributed by atoms with Crippen LogP contribution < -0.4 is 0 Å². The molecule has 0 aliphatic carbocycles. The Balaban J connectivity index is -0.0000000120. The predicted octanol–water partition coefficient (Wildman–Crippen LogP) is 3.67. The molecule has 0 fully saturated rings. The van der Waals surface area contributed by atoms with Gasteiger partial charge in [0.25, 0.3) is 0 Å². The summed E-state index contributed by atoms with van der Waals surface area (Å²) >= 11 is 0. The van der Waals surface area contributed by atoms with E-state index >= 15 is 0 Å². The molecule has 0 heterocycles. The summed E-state index contributed by atoms with van der Waals surface area (Å²) in [5.74, 6) is 0. The van der Waals surface area contributed by atoms with Crippen molar-refractivity contribution in [3.63, 3.8) is 0 Å². The SMILES string of the molecule is C.C.C[Si](C)O[Si](C)C.[CH3-].[CH3-].[Y].[Y]. The van der Waals surface area contributed by atoms with Crippen molar-refractivity contribution in [2.45, 2.75) is 41.0 Å². The Morgan fingerprint density at radius 1 is 0.692 bits per heavy atom. The van der Waals surface area contributed by atoms with Crippen LogP contribution in [0.5, 0.6) is 0 Å². The molecule has 0 amide bonds. The van der Waals surface area contributed by atoms with Crippen LogP contribution in [-0.2, 0) is 69.5 Å². The van der Waals surface area contributed by atoms with E-state index in [4.69, 9.17) is 4.12 Å². The molecule has 80 valence electrons. The van der Waals surface area contributed by atoms with Crippen LogP contribution in [0.1, 0.15) is 14.9 Å². The van der Waals surface area contributed by atoms with E-state index in [2.05, 4.69) is 26.2 Å². The van der Waals surface area contributed by atoms with Crippen molar-refractivity contribution in [2.24, 2.45) is 0 Å². The van der Waals surface area contributed by atoms with Crippen LogP contribution in [0, 0.1) is 14.9 Å². The van der Waals surface area contributed by atoms with Crippen LogP contribution >= 0.6 is 0 Å². The fourth-order valence-corrected chi connectivity index (χ4v) is 3.67. The fraction of sp³-hybridized carbons (Fsp3) is 0.750. The van der Waals surface area contributed by atoms with E-state index in [1.807, 2.05) is 0 Å². The van der Waals surface area contributed by atoms with Gasteiger partial charge in [-0.1, -0.05) is 14.9 Å². The maximum atomic E-state index is 5.45. The van der Waals surface area contributed by atoms with Gasteiger partial charge in [-0.25, -0.2) is 0 Å². The normalized spacial score (nSPS) is 6.00. The molecular formula is C8H26OSi2Y2-2. The smallest absolute Gasteiger partial charge is 0.191 e. The number of rotatable bonds is 2. The van der Waals surface area contributed by atoms with Gasteiger partial charge in [0, 0.05) is 65.4 Å². The zero-order valence-corrected chi connectivity index (χ0v) is 16.2. The molecule has 0 spiro atoms. The van der Waals surface area contributed by atoms with Gasteiger partial charge in [0.1, 0.15) is 0 Å². The average molecular weight is 372 g/mol. The fourth-order valence-electron chi connectivity index (χ4n) is 0.408. The van der Waals surface area contributed by atoms with Gasteiger partial charge in [-0.3, -0.25) is 0 Å². The molecule has 4 radical (unpaired) electrons. The first-order valence-corrected chi connectivity index (χ1v) is 7.22. The van der Waals surface area contributed by atoms with E-state index < -0.39 is 0 Å². The summed E-state index contributed by atoms with van der Waals surface area (Å²) in [4.78, 5) is 0. The van der Waals surface area contributed by atoms with Crippen LogP contribution in [0.2, 0.25) is 26.2 Å². The second kappa shape index (κ2) is 29.3. The van der Waals surface area contributed by atoms with Crippen LogP contribution in [0.3, 0.4) is 0 Å². The van der Waals surface area contributed by atoms with E-state index in [0.29, 0.717) is 0 Å². The van der Waals surface area contributed by atoms with E-state index in [1.165, 1.54) is 0 Å². The minimum absolute atomic E-state index is 0. The molecule has 0 unspecified atom stereocenters. The Morgan fingerprint density at radius 3 is 0.846 bits per heavy atom. The second-order valence-electron chi connectivity index (χ2n) is 1.92. The summed E-state index contributed by atoms with van der Waals surface area (Å²) in [7, 11) is -0.778. The zero-order valence-electron chi connectivity index (χ0n) is 8.56. The van der Waals surface area contributed by atoms with Gasteiger partial charge in [-0.05, 0) is 26.2 Å². The number of hydrogen-bond acceptors (Lipinski definition) is 1. The Labute approximate surface area is 141 Å². The predicted molar refractivity (Wildman–Crippen MR) is 62.3 cm³/mol. The van der Waals surface area contributed by atoms with Gasteiger partial charge in [-0.15, -0.1) is 0 Å². The van der Waals surface area contributed by atoms with Gasteiger partial charge in [0.2, 0.25) is 0 Å². The van der Waals surface area contributed by atoms with Crippen molar-refractivity contribution in [1.29, 1.82) is 0 Å². The van der Waals surface area contributed by atoms with Gasteiger partial charge < -0.3 is 19.0 Å². The number of hydrogen-bond donors (Lipinski definition) is 0. The van der Waals surface area contributed by atoms with Gasteiger partial charge in [-0.2, -0.15) is 0 Å². The minimum Gasteiger partial charge on any atom is -0.456 e. The first kappa shape index (κ1) is 45.0. The molecule has 0 aliphatic rings. The summed E-state index contributed by atoms with van der Waals surface area (Å²) in [6.07, 6.45) is 0. The molecule has 13 heavy (non-hydrogen) atoms. The molecular weight excluding hydrogens is 346 g/mol. The minimum atomic E-state index is -0.389. The molecule has 0 aromatic heterocycles. The molecule has 0 aromatic rings. The van der Waals surface area contributed by atoms with Gasteiger partial charge in [0.05, 0.1) is 0 Å². The van der Waals surface area contributed by atoms with Crippen molar-refractivity contribution in [1.82, 2.24) is 0 Å². The molecule has 0 aliphatic heterocycles. The second-order valence-corrected chi connectivity index (χ2v) is 6.37. The largest absolute Gasteiger partial charge is 0.456 e. The van der Waals surface area contributed by atoms with Crippen molar-refractivity contribution in [3.05, 3.63) is 14.9 Å². The van der Waals surface area contributed by atoms with Crippen molar-refractivity contribution < 1.29 is 69.5 Å². The standard InChI is InChI=1S/C4H12OSi2.2CH4.2CH3.2Y/c1-6(2)5-7(3)4;;;;;;/h1-4H3;2*1H4;2*1H3;;/q;;;2*-1;;. The van der Waals surface area contributed by atoms with Crippen LogP contribution in [-0.4, -0.2) is 18.1 Å². The molecule has 0 saturated heterocycles. The molecule has 0 aromatic carbocycles. The molecule has 0 N–H and O–H groups in total. The monoisotopic (exact) mass is 372 g/mol. The Hall–Kier alpha value is 2.60. The Morgan fingerprint density at radius 2 is 0.846 bits per heavy atom. The third-order valence-electron chi connectivity index (χ3n) is 0.408. The molecule has 1 nitrogen and oxygen atoms in total. The molecule has 0 bridgehead atoms. The third kappa shape index (κ3) is 53.2. The summed E-state index contributed by atoms with van der Waals surface area (Å²) in [6.45, 7) is 8.68. The summed E-state index contributed by atoms with van der Waals surface area (Å²) in [5, 5.41) is 0. The molecule has 5 heteroatoms. The molecule has 0 saturated carbocycles. The maximum Gasteiger partial charge on any atom is 0.191 e. The maximum absolute atomic E-state index is 5.45. The van der Waals surface area contributed by atoms with Crippen molar-refractivity contribution in [2.75, 3.05) is 0 Å². The summed E-state index contributed by atoms with van der Waals surface area (Å²) in [5.41, 5.74) is 0. The summed E-state index contributed by atoms with van der Waals surface area (Å²) < 4.78 is 5.45. The van der Waals surface area contributed by atoms with E-state index in [-0.39, 0.29) is 113 Å². The van der Waals surface area contributed by atoms with Gasteiger partial charge >= 0.3 is 0 Å². The van der Waals surface area contributed by atoms with Crippen LogP contribution in [0.25, 0.3) is 0 Å². The third-order valence-corrected chi connectivity index (χ3v) is 3.67. The van der Waals surface area contributed by atoms with Crippen molar-refractivity contribution >= 4 is 18.1 Å². The first-order valence-electron chi connectivity index (χ1n) is 2.41. The summed E-state index contributed by atoms with van der Waals surface area (Å²) in [6, 6.07) is 0. The van der Waals surface area contributed by atoms with E-state index in [0.717, 1.165) is 0 Å². The van der Waals surface area contributed by atoms with E-state index in [1.54, 1.807) is 0 Å².